The van der Waals surface area contributed by atoms with Gasteiger partial charge >= 0.3 is 0 Å². The number of nitrogens with one attached hydrogen (secondary N) is 1. The van der Waals surface area contributed by atoms with E-state index < -0.39 is 0 Å². The van der Waals surface area contributed by atoms with Gasteiger partial charge in [-0.05, 0) is 26.0 Å². The van der Waals surface area contributed by atoms with Gasteiger partial charge in [-0.1, -0.05) is 0 Å². The number of anilines is 1. The number of hydrogen-bond acceptors (Lipinski definition) is 4. The number of aromatic nitrogens is 1. The van der Waals surface area contributed by atoms with Gasteiger partial charge in [0.25, 0.3) is 6.01 Å². The van der Waals surface area contributed by atoms with E-state index in [9.17, 15) is 0 Å². The Morgan fingerprint density at radius 3 is 2.50 bits per heavy atom. The van der Waals surface area contributed by atoms with E-state index >= 15 is 0 Å². The molecule has 1 N–H and O–H groups in total. The lowest BCUT2D eigenvalue weighted by Crippen LogP contribution is -1.86. The summed E-state index contributed by atoms with van der Waals surface area (Å²) in [7, 11) is 1.77. The van der Waals surface area contributed by atoms with Gasteiger partial charge in [-0.3, -0.25) is 0 Å². The Kier molecular flexibility index (Phi) is 2.04. The average molecular weight is 192 g/mol. The molecule has 0 aromatic carbocycles. The highest BCUT2D eigenvalue weighted by Gasteiger charge is 2.13. The topological polar surface area (TPSA) is 51.2 Å². The molecular formula is C10H12N2O2. The van der Waals surface area contributed by atoms with Gasteiger partial charge in [-0.25, -0.2) is 0 Å². The zero-order valence-corrected chi connectivity index (χ0v) is 8.42. The highest BCUT2D eigenvalue weighted by molar-refractivity contribution is 5.56. The minimum atomic E-state index is 0.506. The van der Waals surface area contributed by atoms with Crippen LogP contribution >= 0.6 is 0 Å². The van der Waals surface area contributed by atoms with Crippen LogP contribution in [0, 0.1) is 13.8 Å². The van der Waals surface area contributed by atoms with Crippen molar-refractivity contribution in [2.45, 2.75) is 13.8 Å². The van der Waals surface area contributed by atoms with Crippen LogP contribution in [0.25, 0.3) is 11.5 Å². The van der Waals surface area contributed by atoms with E-state index in [1.54, 1.807) is 7.05 Å². The second kappa shape index (κ2) is 3.21. The first-order valence-electron chi connectivity index (χ1n) is 4.42. The molecule has 2 rings (SSSR count). The van der Waals surface area contributed by atoms with Crippen LogP contribution in [-0.2, 0) is 0 Å². The first-order valence-corrected chi connectivity index (χ1v) is 4.42. The second-order valence-electron chi connectivity index (χ2n) is 3.08. The summed E-state index contributed by atoms with van der Waals surface area (Å²) in [4.78, 5) is 4.24. The third kappa shape index (κ3) is 1.39. The van der Waals surface area contributed by atoms with Crippen LogP contribution in [0.1, 0.15) is 11.5 Å². The van der Waals surface area contributed by atoms with Crippen molar-refractivity contribution in [3.63, 3.8) is 0 Å². The highest BCUT2D eigenvalue weighted by atomic mass is 16.4. The summed E-state index contributed by atoms with van der Waals surface area (Å²) in [6, 6.07) is 4.30. The Hall–Kier alpha value is -1.71. The molecular weight excluding hydrogens is 180 g/mol. The molecule has 4 heteroatoms. The number of furan rings is 1. The van der Waals surface area contributed by atoms with Crippen LogP contribution in [0.5, 0.6) is 0 Å². The fourth-order valence-electron chi connectivity index (χ4n) is 1.29. The fraction of sp³-hybridized carbons (Fsp3) is 0.300. The average Bonchev–Trinajstić information content (AvgIpc) is 2.71. The number of hydrogen-bond donors (Lipinski definition) is 1. The molecule has 0 radical (unpaired) electrons. The maximum absolute atomic E-state index is 5.46. The molecule has 0 saturated carbocycles. The van der Waals surface area contributed by atoms with Gasteiger partial charge in [-0.15, -0.1) is 0 Å². The van der Waals surface area contributed by atoms with Crippen molar-refractivity contribution in [3.8, 4) is 11.5 Å². The van der Waals surface area contributed by atoms with Crippen LogP contribution in [0.3, 0.4) is 0 Å². The lowest BCUT2D eigenvalue weighted by molar-refractivity contribution is 0.533. The Balaban J connectivity index is 2.45. The van der Waals surface area contributed by atoms with Crippen LogP contribution in [0.15, 0.2) is 21.0 Å². The molecule has 0 bridgehead atoms. The zero-order chi connectivity index (χ0) is 10.1. The summed E-state index contributed by atoms with van der Waals surface area (Å²) >= 11 is 0. The van der Waals surface area contributed by atoms with Gasteiger partial charge in [0, 0.05) is 7.05 Å². The van der Waals surface area contributed by atoms with E-state index in [4.69, 9.17) is 8.83 Å². The van der Waals surface area contributed by atoms with Crippen LogP contribution in [0.2, 0.25) is 0 Å². The number of nitrogens with zero attached hydrogens (tertiary/aromatic N) is 1. The standard InChI is InChI=1S/C10H12N2O2/c1-6-4-5-8(13-6)9-7(2)14-10(11-3)12-9/h4-5H,1-3H3,(H,11,12). The molecule has 2 aromatic heterocycles. The molecule has 0 spiro atoms. The summed E-state index contributed by atoms with van der Waals surface area (Å²) in [6.45, 7) is 3.76. The van der Waals surface area contributed by atoms with Crippen molar-refractivity contribution in [1.29, 1.82) is 0 Å². The molecule has 0 aliphatic carbocycles. The largest absolute Gasteiger partial charge is 0.460 e. The minimum Gasteiger partial charge on any atom is -0.460 e. The molecule has 14 heavy (non-hydrogen) atoms. The Morgan fingerprint density at radius 2 is 2.00 bits per heavy atom. The molecule has 0 fully saturated rings. The van der Waals surface area contributed by atoms with Gasteiger partial charge in [0.15, 0.2) is 5.76 Å². The van der Waals surface area contributed by atoms with Crippen molar-refractivity contribution in [3.05, 3.63) is 23.7 Å². The third-order valence-corrected chi connectivity index (χ3v) is 1.98. The molecule has 0 aliphatic rings. The molecule has 4 nitrogen and oxygen atoms in total. The number of oxazole rings is 1. The van der Waals surface area contributed by atoms with Gasteiger partial charge in [0.05, 0.1) is 0 Å². The molecule has 2 aromatic rings. The fourth-order valence-corrected chi connectivity index (χ4v) is 1.29. The zero-order valence-electron chi connectivity index (χ0n) is 8.42. The van der Waals surface area contributed by atoms with Crippen molar-refractivity contribution in [1.82, 2.24) is 4.98 Å². The quantitative estimate of drug-likeness (QED) is 0.794. The smallest absolute Gasteiger partial charge is 0.295 e. The summed E-state index contributed by atoms with van der Waals surface area (Å²) in [5.74, 6) is 2.36. The second-order valence-corrected chi connectivity index (χ2v) is 3.08. The molecule has 0 unspecified atom stereocenters. The first kappa shape index (κ1) is 8.87. The Morgan fingerprint density at radius 1 is 1.21 bits per heavy atom. The molecule has 0 aliphatic heterocycles. The van der Waals surface area contributed by atoms with E-state index in [1.165, 1.54) is 0 Å². The molecule has 2 heterocycles. The lowest BCUT2D eigenvalue weighted by Gasteiger charge is -1.89. The SMILES string of the molecule is CNc1nc(-c2ccc(C)o2)c(C)o1. The summed E-state index contributed by atoms with van der Waals surface area (Å²) in [6.07, 6.45) is 0. The van der Waals surface area contributed by atoms with Gasteiger partial charge in [0.2, 0.25) is 0 Å². The summed E-state index contributed by atoms with van der Waals surface area (Å²) in [5.41, 5.74) is 0.752. The Labute approximate surface area is 81.9 Å². The first-order chi connectivity index (χ1) is 6.70. The maximum atomic E-state index is 5.46. The van der Waals surface area contributed by atoms with Crippen LogP contribution in [0.4, 0.5) is 6.01 Å². The summed E-state index contributed by atoms with van der Waals surface area (Å²) in [5, 5.41) is 2.85. The third-order valence-electron chi connectivity index (χ3n) is 1.98. The predicted molar refractivity (Wildman–Crippen MR) is 53.2 cm³/mol. The van der Waals surface area contributed by atoms with Crippen molar-refractivity contribution in [2.24, 2.45) is 0 Å². The van der Waals surface area contributed by atoms with Gasteiger partial charge in [0.1, 0.15) is 17.2 Å². The maximum Gasteiger partial charge on any atom is 0.295 e. The Bertz CT molecular complexity index is 443. The van der Waals surface area contributed by atoms with Crippen LogP contribution < -0.4 is 5.32 Å². The van der Waals surface area contributed by atoms with Gasteiger partial charge < -0.3 is 14.2 Å². The van der Waals surface area contributed by atoms with Gasteiger partial charge in [-0.2, -0.15) is 4.98 Å². The molecule has 0 amide bonds. The normalized spacial score (nSPS) is 10.5. The highest BCUT2D eigenvalue weighted by Crippen LogP contribution is 2.26. The van der Waals surface area contributed by atoms with E-state index in [-0.39, 0.29) is 0 Å². The van der Waals surface area contributed by atoms with E-state index in [2.05, 4.69) is 10.3 Å². The molecule has 0 atom stereocenters. The minimum absolute atomic E-state index is 0.506. The van der Waals surface area contributed by atoms with E-state index in [0.717, 1.165) is 23.0 Å². The van der Waals surface area contributed by atoms with Crippen LogP contribution in [-0.4, -0.2) is 12.0 Å². The molecule has 74 valence electrons. The number of aryl methyl sites for hydroxylation is 2. The summed E-state index contributed by atoms with van der Waals surface area (Å²) < 4.78 is 10.8. The van der Waals surface area contributed by atoms with Crippen molar-refractivity contribution >= 4 is 6.01 Å². The monoisotopic (exact) mass is 192 g/mol. The molecule has 0 saturated heterocycles. The number of rotatable bonds is 2. The predicted octanol–water partition coefficient (Wildman–Crippen LogP) is 2.59. The van der Waals surface area contributed by atoms with E-state index in [0.29, 0.717) is 6.01 Å². The van der Waals surface area contributed by atoms with E-state index in [1.807, 2.05) is 26.0 Å². The van der Waals surface area contributed by atoms with Crippen molar-refractivity contribution < 1.29 is 8.83 Å². The van der Waals surface area contributed by atoms with Crippen molar-refractivity contribution in [2.75, 3.05) is 12.4 Å². The lowest BCUT2D eigenvalue weighted by atomic mass is 10.3.